The molecule has 0 saturated heterocycles. The van der Waals surface area contributed by atoms with Gasteiger partial charge < -0.3 is 22.5 Å². The van der Waals surface area contributed by atoms with Crippen LogP contribution in [0.5, 0.6) is 0 Å². The average Bonchev–Trinajstić information content (AvgIpc) is 2.49. The number of quaternary nitrogens is 1. The summed E-state index contributed by atoms with van der Waals surface area (Å²) in [5, 5.41) is 2.34. The van der Waals surface area contributed by atoms with E-state index >= 15 is 0 Å². The van der Waals surface area contributed by atoms with E-state index in [0.29, 0.717) is 0 Å². The highest BCUT2D eigenvalue weighted by Crippen LogP contribution is 2.25. The zero-order valence-electron chi connectivity index (χ0n) is 11.5. The second-order valence-electron chi connectivity index (χ2n) is 5.02. The van der Waals surface area contributed by atoms with Crippen molar-refractivity contribution in [1.29, 1.82) is 0 Å². The number of benzene rings is 2. The molecule has 0 fully saturated rings. The lowest BCUT2D eigenvalue weighted by Gasteiger charge is -2.24. The first-order chi connectivity index (χ1) is 9.43. The minimum atomic E-state index is 0. The Bertz CT molecular complexity index is 530. The fourth-order valence-corrected chi connectivity index (χ4v) is 2.69. The van der Waals surface area contributed by atoms with Gasteiger partial charge in [0, 0.05) is 5.56 Å². The Morgan fingerprint density at radius 3 is 2.60 bits per heavy atom. The average molecular weight is 290 g/mol. The molecule has 3 rings (SSSR count). The van der Waals surface area contributed by atoms with E-state index in [0.717, 1.165) is 26.1 Å². The first-order valence-electron chi connectivity index (χ1n) is 6.98. The molecule has 0 aromatic heterocycles. The van der Waals surface area contributed by atoms with Gasteiger partial charge in [-0.05, 0) is 17.5 Å². The molecule has 3 heteroatoms. The van der Waals surface area contributed by atoms with Crippen LogP contribution in [0.15, 0.2) is 54.6 Å². The third kappa shape index (κ3) is 3.60. The standard InChI is InChI=1S/C17H19NO.ClH/c1-2-6-14(7-3-1)12-18-13-17-16-9-5-4-8-15(16)10-11-19-17;/h1-9,17-18H,10-13H2;1H. The zero-order valence-corrected chi connectivity index (χ0v) is 12.2. The minimum absolute atomic E-state index is 0. The van der Waals surface area contributed by atoms with Gasteiger partial charge in [0.15, 0.2) is 0 Å². The molecule has 20 heavy (non-hydrogen) atoms. The van der Waals surface area contributed by atoms with Crippen molar-refractivity contribution < 1.29 is 22.5 Å². The molecule has 2 nitrogen and oxygen atoms in total. The van der Waals surface area contributed by atoms with Gasteiger partial charge in [0.1, 0.15) is 19.2 Å². The smallest absolute Gasteiger partial charge is 0.131 e. The molecule has 1 aliphatic rings. The SMILES string of the molecule is [Cl-].c1ccc(C[NH2+]CC2OCCc3ccccc32)cc1. The van der Waals surface area contributed by atoms with Crippen molar-refractivity contribution in [3.63, 3.8) is 0 Å². The lowest BCUT2D eigenvalue weighted by molar-refractivity contribution is -0.678. The van der Waals surface area contributed by atoms with Crippen molar-refractivity contribution in [2.75, 3.05) is 13.2 Å². The highest BCUT2D eigenvalue weighted by molar-refractivity contribution is 5.30. The van der Waals surface area contributed by atoms with Crippen molar-refractivity contribution in [1.82, 2.24) is 0 Å². The number of ether oxygens (including phenoxy) is 1. The van der Waals surface area contributed by atoms with Crippen LogP contribution in [0.2, 0.25) is 0 Å². The first kappa shape index (κ1) is 15.0. The summed E-state index contributed by atoms with van der Waals surface area (Å²) < 4.78 is 5.91. The van der Waals surface area contributed by atoms with E-state index in [1.165, 1.54) is 16.7 Å². The molecular weight excluding hydrogens is 270 g/mol. The predicted octanol–water partition coefficient (Wildman–Crippen LogP) is -0.932. The predicted molar refractivity (Wildman–Crippen MR) is 75.8 cm³/mol. The molecule has 0 amide bonds. The fourth-order valence-electron chi connectivity index (χ4n) is 2.69. The molecule has 1 unspecified atom stereocenters. The fraction of sp³-hybridized carbons (Fsp3) is 0.294. The maximum Gasteiger partial charge on any atom is 0.131 e. The largest absolute Gasteiger partial charge is 1.00 e. The van der Waals surface area contributed by atoms with Gasteiger partial charge in [0.2, 0.25) is 0 Å². The molecule has 1 heterocycles. The summed E-state index contributed by atoms with van der Waals surface area (Å²) >= 11 is 0. The Hall–Kier alpha value is -1.35. The van der Waals surface area contributed by atoms with Crippen LogP contribution >= 0.6 is 0 Å². The molecule has 0 aliphatic carbocycles. The highest BCUT2D eigenvalue weighted by Gasteiger charge is 2.21. The summed E-state index contributed by atoms with van der Waals surface area (Å²) in [7, 11) is 0. The number of halogens is 1. The molecule has 2 N–H and O–H groups in total. The Morgan fingerprint density at radius 1 is 1.00 bits per heavy atom. The molecule has 1 atom stereocenters. The number of rotatable bonds is 4. The Kier molecular flexibility index (Phi) is 5.60. The van der Waals surface area contributed by atoms with Crippen LogP contribution in [0.25, 0.3) is 0 Å². The molecule has 0 bridgehead atoms. The maximum absolute atomic E-state index is 5.91. The molecule has 1 aliphatic heterocycles. The summed E-state index contributed by atoms with van der Waals surface area (Å²) in [5.41, 5.74) is 4.19. The normalized spacial score (nSPS) is 17.1. The van der Waals surface area contributed by atoms with Gasteiger partial charge in [-0.15, -0.1) is 0 Å². The van der Waals surface area contributed by atoms with Gasteiger partial charge in [0.05, 0.1) is 6.61 Å². The van der Waals surface area contributed by atoms with Gasteiger partial charge in [-0.25, -0.2) is 0 Å². The van der Waals surface area contributed by atoms with E-state index in [-0.39, 0.29) is 18.5 Å². The maximum atomic E-state index is 5.91. The van der Waals surface area contributed by atoms with Crippen LogP contribution in [0.3, 0.4) is 0 Å². The van der Waals surface area contributed by atoms with E-state index in [1.54, 1.807) is 0 Å². The van der Waals surface area contributed by atoms with Crippen LogP contribution in [-0.4, -0.2) is 13.2 Å². The lowest BCUT2D eigenvalue weighted by Crippen LogP contribution is -3.00. The third-order valence-corrected chi connectivity index (χ3v) is 3.70. The van der Waals surface area contributed by atoms with Crippen LogP contribution in [0.1, 0.15) is 22.8 Å². The number of hydrogen-bond donors (Lipinski definition) is 1. The van der Waals surface area contributed by atoms with Crippen LogP contribution in [-0.2, 0) is 17.7 Å². The van der Waals surface area contributed by atoms with Crippen LogP contribution in [0, 0.1) is 0 Å². The van der Waals surface area contributed by atoms with Crippen molar-refractivity contribution >= 4 is 0 Å². The molecule has 0 spiro atoms. The highest BCUT2D eigenvalue weighted by atomic mass is 35.5. The second kappa shape index (κ2) is 7.44. The summed E-state index contributed by atoms with van der Waals surface area (Å²) in [5.74, 6) is 0. The zero-order chi connectivity index (χ0) is 12.9. The van der Waals surface area contributed by atoms with Crippen LogP contribution < -0.4 is 17.7 Å². The van der Waals surface area contributed by atoms with E-state index in [9.17, 15) is 0 Å². The minimum Gasteiger partial charge on any atom is -1.00 e. The number of nitrogens with two attached hydrogens (primary N) is 1. The number of hydrogen-bond acceptors (Lipinski definition) is 1. The Labute approximate surface area is 126 Å². The van der Waals surface area contributed by atoms with Gasteiger partial charge in [0.25, 0.3) is 0 Å². The van der Waals surface area contributed by atoms with Gasteiger partial charge in [-0.1, -0.05) is 54.6 Å². The molecule has 0 radical (unpaired) electrons. The topological polar surface area (TPSA) is 25.8 Å². The molecule has 2 aromatic carbocycles. The van der Waals surface area contributed by atoms with Crippen LogP contribution in [0.4, 0.5) is 0 Å². The van der Waals surface area contributed by atoms with Gasteiger partial charge in [-0.2, -0.15) is 0 Å². The number of fused-ring (bicyclic) bond motifs is 1. The van der Waals surface area contributed by atoms with Crippen molar-refractivity contribution in [3.8, 4) is 0 Å². The second-order valence-corrected chi connectivity index (χ2v) is 5.02. The van der Waals surface area contributed by atoms with Gasteiger partial charge >= 0.3 is 0 Å². The Morgan fingerprint density at radius 2 is 1.75 bits per heavy atom. The first-order valence-corrected chi connectivity index (χ1v) is 6.98. The molecule has 106 valence electrons. The monoisotopic (exact) mass is 289 g/mol. The van der Waals surface area contributed by atoms with Crippen molar-refractivity contribution in [3.05, 3.63) is 71.3 Å². The van der Waals surface area contributed by atoms with Gasteiger partial charge in [-0.3, -0.25) is 0 Å². The van der Waals surface area contributed by atoms with E-state index in [2.05, 4.69) is 59.9 Å². The summed E-state index contributed by atoms with van der Waals surface area (Å²) in [6, 6.07) is 19.2. The summed E-state index contributed by atoms with van der Waals surface area (Å²) in [6.45, 7) is 2.86. The molecule has 2 aromatic rings. The summed E-state index contributed by atoms with van der Waals surface area (Å²) in [6.07, 6.45) is 1.29. The molecular formula is C17H20ClNO. The van der Waals surface area contributed by atoms with E-state index < -0.39 is 0 Å². The lowest BCUT2D eigenvalue weighted by atomic mass is 9.97. The third-order valence-electron chi connectivity index (χ3n) is 3.70. The van der Waals surface area contributed by atoms with E-state index in [1.807, 2.05) is 0 Å². The quantitative estimate of drug-likeness (QED) is 0.773. The van der Waals surface area contributed by atoms with Crippen molar-refractivity contribution in [2.45, 2.75) is 19.1 Å². The molecule has 0 saturated carbocycles. The summed E-state index contributed by atoms with van der Waals surface area (Å²) in [4.78, 5) is 0. The van der Waals surface area contributed by atoms with Crippen molar-refractivity contribution in [2.24, 2.45) is 0 Å². The Balaban J connectivity index is 0.00000147. The van der Waals surface area contributed by atoms with E-state index in [4.69, 9.17) is 4.74 Å².